The molecule has 0 N–H and O–H groups in total. The average molecular weight is 207 g/mol. The molecular formula is C14H25N. The Morgan fingerprint density at radius 1 is 1.27 bits per heavy atom. The van der Waals surface area contributed by atoms with Crippen molar-refractivity contribution < 1.29 is 0 Å². The molecule has 2 heterocycles. The summed E-state index contributed by atoms with van der Waals surface area (Å²) in [4.78, 5) is 2.81. The largest absolute Gasteiger partial charge is 0.297 e. The van der Waals surface area contributed by atoms with E-state index in [-0.39, 0.29) is 0 Å². The van der Waals surface area contributed by atoms with Crippen molar-refractivity contribution in [1.82, 2.24) is 4.90 Å². The molecule has 0 spiro atoms. The number of rotatable bonds is 3. The van der Waals surface area contributed by atoms with Gasteiger partial charge in [0.05, 0.1) is 0 Å². The number of piperidine rings is 2. The summed E-state index contributed by atoms with van der Waals surface area (Å²) in [6.07, 6.45) is 11.9. The third kappa shape index (κ3) is 2.28. The van der Waals surface area contributed by atoms with Crippen LogP contribution in [0, 0.1) is 5.92 Å². The summed E-state index contributed by atoms with van der Waals surface area (Å²) >= 11 is 0. The Morgan fingerprint density at radius 3 is 2.87 bits per heavy atom. The molecule has 0 aromatic rings. The van der Waals surface area contributed by atoms with E-state index in [9.17, 15) is 0 Å². The van der Waals surface area contributed by atoms with Crippen LogP contribution in [0.3, 0.4) is 0 Å². The first-order chi connectivity index (χ1) is 7.36. The fraction of sp³-hybridized carbons (Fsp3) is 0.857. The smallest absolute Gasteiger partial charge is 0.0133 e. The number of nitrogens with zero attached hydrogens (tertiary/aromatic N) is 1. The van der Waals surface area contributed by atoms with Gasteiger partial charge in [-0.25, -0.2) is 0 Å². The molecule has 1 nitrogen and oxygen atoms in total. The Labute approximate surface area is 94.5 Å². The molecule has 1 heteroatoms. The lowest BCUT2D eigenvalue weighted by atomic mass is 9.78. The van der Waals surface area contributed by atoms with E-state index in [1.54, 1.807) is 0 Å². The van der Waals surface area contributed by atoms with Crippen LogP contribution in [-0.4, -0.2) is 23.5 Å². The number of fused-ring (bicyclic) bond motifs is 1. The molecule has 2 saturated heterocycles. The van der Waals surface area contributed by atoms with Crippen LogP contribution in [0.1, 0.15) is 51.9 Å². The second kappa shape index (κ2) is 5.16. The molecule has 0 bridgehead atoms. The molecular weight excluding hydrogens is 182 g/mol. The van der Waals surface area contributed by atoms with E-state index in [0.29, 0.717) is 0 Å². The van der Waals surface area contributed by atoms with Crippen molar-refractivity contribution in [3.63, 3.8) is 0 Å². The van der Waals surface area contributed by atoms with E-state index in [2.05, 4.69) is 24.5 Å². The lowest BCUT2D eigenvalue weighted by Gasteiger charge is -2.49. The predicted octanol–water partition coefficient (Wildman–Crippen LogP) is 3.61. The molecule has 2 aliphatic heterocycles. The van der Waals surface area contributed by atoms with Crippen molar-refractivity contribution in [1.29, 1.82) is 0 Å². The van der Waals surface area contributed by atoms with E-state index in [4.69, 9.17) is 0 Å². The highest BCUT2D eigenvalue weighted by molar-refractivity contribution is 4.94. The third-order valence-corrected chi connectivity index (χ3v) is 4.44. The van der Waals surface area contributed by atoms with Crippen LogP contribution in [0.25, 0.3) is 0 Å². The van der Waals surface area contributed by atoms with Crippen LogP contribution < -0.4 is 0 Å². The maximum atomic E-state index is 3.90. The van der Waals surface area contributed by atoms with Gasteiger partial charge < -0.3 is 0 Å². The van der Waals surface area contributed by atoms with Gasteiger partial charge in [-0.2, -0.15) is 0 Å². The second-order valence-corrected chi connectivity index (χ2v) is 5.22. The fourth-order valence-corrected chi connectivity index (χ4v) is 3.63. The normalized spacial score (nSPS) is 37.3. The van der Waals surface area contributed by atoms with Crippen molar-refractivity contribution in [2.45, 2.75) is 64.0 Å². The van der Waals surface area contributed by atoms with Crippen molar-refractivity contribution in [2.24, 2.45) is 5.92 Å². The Bertz CT molecular complexity index is 211. The summed E-state index contributed by atoms with van der Waals surface area (Å²) in [6.45, 7) is 7.62. The lowest BCUT2D eigenvalue weighted by molar-refractivity contribution is 0.0118. The van der Waals surface area contributed by atoms with E-state index in [0.717, 1.165) is 18.0 Å². The maximum absolute atomic E-state index is 3.90. The Morgan fingerprint density at radius 2 is 2.13 bits per heavy atom. The van der Waals surface area contributed by atoms with Crippen molar-refractivity contribution >= 4 is 0 Å². The Hall–Kier alpha value is -0.300. The topological polar surface area (TPSA) is 3.24 Å². The molecule has 0 amide bonds. The zero-order valence-electron chi connectivity index (χ0n) is 10.1. The quantitative estimate of drug-likeness (QED) is 0.639. The minimum Gasteiger partial charge on any atom is -0.297 e. The van der Waals surface area contributed by atoms with E-state index < -0.39 is 0 Å². The molecule has 0 aromatic heterocycles. The predicted molar refractivity (Wildman–Crippen MR) is 66.0 cm³/mol. The molecule has 0 aromatic carbocycles. The third-order valence-electron chi connectivity index (χ3n) is 4.44. The first kappa shape index (κ1) is 11.2. The van der Waals surface area contributed by atoms with Gasteiger partial charge in [0, 0.05) is 12.1 Å². The van der Waals surface area contributed by atoms with Gasteiger partial charge in [0.25, 0.3) is 0 Å². The summed E-state index contributed by atoms with van der Waals surface area (Å²) < 4.78 is 0. The Balaban J connectivity index is 2.04. The molecule has 0 unspecified atom stereocenters. The van der Waals surface area contributed by atoms with Gasteiger partial charge in [-0.05, 0) is 44.6 Å². The molecule has 0 radical (unpaired) electrons. The van der Waals surface area contributed by atoms with Gasteiger partial charge in [0.1, 0.15) is 0 Å². The van der Waals surface area contributed by atoms with Crippen molar-refractivity contribution in [3.8, 4) is 0 Å². The zero-order chi connectivity index (χ0) is 10.7. The van der Waals surface area contributed by atoms with Gasteiger partial charge >= 0.3 is 0 Å². The minimum absolute atomic E-state index is 0.815. The molecule has 3 atom stereocenters. The van der Waals surface area contributed by atoms with E-state index in [1.807, 2.05) is 0 Å². The lowest BCUT2D eigenvalue weighted by Crippen LogP contribution is -2.52. The SMILES string of the molecule is C=CC[C@H]1CC[C@H](CC)[C@@H]2CCCCN12. The van der Waals surface area contributed by atoms with Crippen LogP contribution in [0.2, 0.25) is 0 Å². The van der Waals surface area contributed by atoms with Crippen molar-refractivity contribution in [2.75, 3.05) is 6.54 Å². The van der Waals surface area contributed by atoms with Gasteiger partial charge in [0.15, 0.2) is 0 Å². The number of hydrogen-bond acceptors (Lipinski definition) is 1. The van der Waals surface area contributed by atoms with Gasteiger partial charge in [-0.3, -0.25) is 4.90 Å². The second-order valence-electron chi connectivity index (χ2n) is 5.22. The van der Waals surface area contributed by atoms with Crippen molar-refractivity contribution in [3.05, 3.63) is 12.7 Å². The number of hydrogen-bond donors (Lipinski definition) is 0. The highest BCUT2D eigenvalue weighted by Crippen LogP contribution is 2.36. The van der Waals surface area contributed by atoms with Gasteiger partial charge in [-0.15, -0.1) is 6.58 Å². The summed E-state index contributed by atoms with van der Waals surface area (Å²) in [5, 5.41) is 0. The standard InChI is InChI=1S/C14H25N/c1-3-7-13-10-9-12(4-2)14-8-5-6-11-15(13)14/h3,12-14H,1,4-11H2,2H3/t12-,13-,14-/m0/s1. The van der Waals surface area contributed by atoms with Gasteiger partial charge in [-0.1, -0.05) is 25.8 Å². The molecule has 86 valence electrons. The Kier molecular flexibility index (Phi) is 3.85. The average Bonchev–Trinajstić information content (AvgIpc) is 2.30. The van der Waals surface area contributed by atoms with Crippen LogP contribution >= 0.6 is 0 Å². The summed E-state index contributed by atoms with van der Waals surface area (Å²) in [6, 6.07) is 1.72. The van der Waals surface area contributed by atoms with Crippen LogP contribution in [0.15, 0.2) is 12.7 Å². The van der Waals surface area contributed by atoms with Crippen LogP contribution in [0.4, 0.5) is 0 Å². The maximum Gasteiger partial charge on any atom is 0.0133 e. The monoisotopic (exact) mass is 207 g/mol. The van der Waals surface area contributed by atoms with Crippen LogP contribution in [-0.2, 0) is 0 Å². The van der Waals surface area contributed by atoms with Crippen LogP contribution in [0.5, 0.6) is 0 Å². The zero-order valence-corrected chi connectivity index (χ0v) is 10.1. The molecule has 0 aliphatic carbocycles. The molecule has 2 rings (SSSR count). The highest BCUT2D eigenvalue weighted by Gasteiger charge is 2.36. The highest BCUT2D eigenvalue weighted by atomic mass is 15.2. The summed E-state index contributed by atoms with van der Waals surface area (Å²) in [5.41, 5.74) is 0. The summed E-state index contributed by atoms with van der Waals surface area (Å²) in [5.74, 6) is 0.978. The first-order valence-electron chi connectivity index (χ1n) is 6.73. The van der Waals surface area contributed by atoms with E-state index in [1.165, 1.54) is 51.5 Å². The molecule has 15 heavy (non-hydrogen) atoms. The minimum atomic E-state index is 0.815. The van der Waals surface area contributed by atoms with E-state index >= 15 is 0 Å². The molecule has 2 aliphatic rings. The fourth-order valence-electron chi connectivity index (χ4n) is 3.63. The molecule has 2 fully saturated rings. The van der Waals surface area contributed by atoms with Gasteiger partial charge in [0.2, 0.25) is 0 Å². The molecule has 0 saturated carbocycles. The first-order valence-corrected chi connectivity index (χ1v) is 6.73. The summed E-state index contributed by atoms with van der Waals surface area (Å²) in [7, 11) is 0.